The lowest BCUT2D eigenvalue weighted by Crippen LogP contribution is -2.35. The molecule has 3 aromatic heterocycles. The van der Waals surface area contributed by atoms with Gasteiger partial charge in [0.15, 0.2) is 0 Å². The number of hydrogen-bond acceptors (Lipinski definition) is 3. The van der Waals surface area contributed by atoms with E-state index in [4.69, 9.17) is 21.1 Å². The van der Waals surface area contributed by atoms with Crippen LogP contribution in [-0.4, -0.2) is 25.8 Å². The van der Waals surface area contributed by atoms with E-state index in [1.807, 2.05) is 0 Å². The van der Waals surface area contributed by atoms with Gasteiger partial charge in [-0.2, -0.15) is 0 Å². The van der Waals surface area contributed by atoms with Gasteiger partial charge in [-0.25, -0.2) is 4.98 Å². The number of nitrogens with zero attached hydrogens (tertiary/aromatic N) is 2. The normalized spacial score (nSPS) is 19.0. The van der Waals surface area contributed by atoms with E-state index in [9.17, 15) is 0 Å². The van der Waals surface area contributed by atoms with Gasteiger partial charge in [0.2, 0.25) is 0 Å². The maximum atomic E-state index is 8.78. The van der Waals surface area contributed by atoms with Gasteiger partial charge in [0, 0.05) is 50.2 Å². The molecule has 6 heteroatoms. The molecule has 0 spiro atoms. The van der Waals surface area contributed by atoms with Gasteiger partial charge < -0.3 is 15.7 Å². The van der Waals surface area contributed by atoms with Crippen molar-refractivity contribution in [2.75, 3.05) is 0 Å². The Hall–Kier alpha value is -3.93. The summed E-state index contributed by atoms with van der Waals surface area (Å²) in [7, 11) is 0. The Bertz CT molecular complexity index is 1930. The molecule has 0 fully saturated rings. The minimum atomic E-state index is -0.434. The molecule has 0 aromatic carbocycles. The highest BCUT2D eigenvalue weighted by atomic mass is 14.9. The Kier molecular flexibility index (Phi) is 8.13. The SMILES string of the molecule is CCC1=C(CC)c2nc1cc1[nH]c(cc3[nH]c(cc4nc5c2C=C(C(=N)N)[C@@]5(CC)[C@@H]4CC)c(CC)c3CC)c(CC)c1CC. The largest absolute Gasteiger partial charge is 0.384 e. The number of amidine groups is 1. The van der Waals surface area contributed by atoms with Crippen LogP contribution in [0.3, 0.4) is 0 Å². The third-order valence-corrected chi connectivity index (χ3v) is 10.9. The lowest BCUT2D eigenvalue weighted by molar-refractivity contribution is 0.413. The van der Waals surface area contributed by atoms with Crippen LogP contribution < -0.4 is 5.73 Å². The van der Waals surface area contributed by atoms with Crippen LogP contribution in [0.5, 0.6) is 0 Å². The van der Waals surface area contributed by atoms with Crippen molar-refractivity contribution in [2.45, 2.75) is 118 Å². The Labute approximate surface area is 268 Å². The lowest BCUT2D eigenvalue weighted by Gasteiger charge is -2.33. The summed E-state index contributed by atoms with van der Waals surface area (Å²) in [6, 6.07) is 6.93. The van der Waals surface area contributed by atoms with E-state index < -0.39 is 5.41 Å². The monoisotopic (exact) mass is 602 g/mol. The standard InChI is InChI=1S/C39H50N6/c1-9-21-22(10-2)32-19-34-25(13-5)26(14-6)36(44-34)27-17-29(38(40)41)39(16-8)28(15-7)35(45-37(27)39)20-33-24(12-4)23(11-3)31(43-33)18-30(21)42-32/h17-20,28,42-43H,9-16H2,1-8H3,(H3,40,41)/t28-,39-/m1/s1. The molecule has 0 unspecified atom stereocenters. The van der Waals surface area contributed by atoms with Gasteiger partial charge in [0.1, 0.15) is 5.84 Å². The molecule has 0 saturated carbocycles. The fourth-order valence-corrected chi connectivity index (χ4v) is 8.92. The summed E-state index contributed by atoms with van der Waals surface area (Å²) in [6.07, 6.45) is 9.49. The molecule has 2 aliphatic heterocycles. The molecule has 3 aromatic rings. The molecule has 0 radical (unpaired) electrons. The third kappa shape index (κ3) is 4.39. The van der Waals surface area contributed by atoms with Crippen molar-refractivity contribution in [2.24, 2.45) is 5.73 Å². The number of nitrogens with one attached hydrogen (secondary N) is 3. The number of aromatic amines is 2. The average molecular weight is 603 g/mol. The molecule has 6 nitrogen and oxygen atoms in total. The summed E-state index contributed by atoms with van der Waals surface area (Å²) in [5, 5.41) is 8.78. The van der Waals surface area contributed by atoms with Crippen molar-refractivity contribution < 1.29 is 0 Å². The summed E-state index contributed by atoms with van der Waals surface area (Å²) >= 11 is 0. The van der Waals surface area contributed by atoms with Crippen LogP contribution in [-0.2, 0) is 31.1 Å². The highest BCUT2D eigenvalue weighted by Gasteiger charge is 2.53. The van der Waals surface area contributed by atoms with Crippen molar-refractivity contribution in [3.63, 3.8) is 0 Å². The number of H-pyrrole nitrogens is 2. The summed E-state index contributed by atoms with van der Waals surface area (Å²) in [4.78, 5) is 18.7. The highest BCUT2D eigenvalue weighted by Crippen LogP contribution is 2.57. The van der Waals surface area contributed by atoms with Gasteiger partial charge in [0.25, 0.3) is 0 Å². The molecule has 3 aliphatic rings. The first-order chi connectivity index (χ1) is 21.8. The topological polar surface area (TPSA) is 107 Å². The van der Waals surface area contributed by atoms with Gasteiger partial charge in [0.05, 0.1) is 17.1 Å². The average Bonchev–Trinajstić information content (AvgIpc) is 3.80. The smallest absolute Gasteiger partial charge is 0.119 e. The molecular formula is C39H50N6. The number of allylic oxidation sites excluding steroid dienone is 2. The van der Waals surface area contributed by atoms with Gasteiger partial charge in [-0.3, -0.25) is 10.4 Å². The van der Waals surface area contributed by atoms with Crippen molar-refractivity contribution in [1.82, 2.24) is 19.9 Å². The van der Waals surface area contributed by atoms with Gasteiger partial charge in [-0.15, -0.1) is 0 Å². The van der Waals surface area contributed by atoms with Gasteiger partial charge in [-0.05, 0) is 109 Å². The van der Waals surface area contributed by atoms with Crippen LogP contribution in [0.2, 0.25) is 0 Å². The van der Waals surface area contributed by atoms with Crippen LogP contribution in [0.15, 0.2) is 23.8 Å². The van der Waals surface area contributed by atoms with E-state index in [1.54, 1.807) is 0 Å². The number of nitrogens with two attached hydrogens (primary N) is 1. The minimum Gasteiger partial charge on any atom is -0.384 e. The van der Waals surface area contributed by atoms with Crippen LogP contribution in [0.4, 0.5) is 0 Å². The Morgan fingerprint density at radius 1 is 0.733 bits per heavy atom. The molecule has 236 valence electrons. The summed E-state index contributed by atoms with van der Waals surface area (Å²) in [5.74, 6) is 0.256. The van der Waals surface area contributed by atoms with E-state index in [0.717, 1.165) is 96.3 Å². The van der Waals surface area contributed by atoms with Crippen LogP contribution in [0, 0.1) is 5.41 Å². The zero-order valence-corrected chi connectivity index (χ0v) is 28.5. The summed E-state index contributed by atoms with van der Waals surface area (Å²) in [6.45, 7) is 18.0. The second kappa shape index (κ2) is 11.8. The first-order valence-electron chi connectivity index (χ1n) is 17.4. The summed E-state index contributed by atoms with van der Waals surface area (Å²) in [5.41, 5.74) is 24.8. The number of fused-ring (bicyclic) bond motifs is 8. The van der Waals surface area contributed by atoms with E-state index in [0.29, 0.717) is 0 Å². The fourth-order valence-electron chi connectivity index (χ4n) is 8.92. The number of aromatic nitrogens is 4. The van der Waals surface area contributed by atoms with Crippen LogP contribution >= 0.6 is 0 Å². The zero-order chi connectivity index (χ0) is 32.2. The molecular weight excluding hydrogens is 552 g/mol. The molecule has 0 amide bonds. The van der Waals surface area contributed by atoms with E-state index >= 15 is 0 Å². The third-order valence-electron chi connectivity index (χ3n) is 10.9. The van der Waals surface area contributed by atoms with Crippen molar-refractivity contribution in [1.29, 1.82) is 5.41 Å². The van der Waals surface area contributed by atoms with Crippen LogP contribution in [0.1, 0.15) is 138 Å². The second-order valence-electron chi connectivity index (χ2n) is 12.7. The first-order valence-corrected chi connectivity index (χ1v) is 17.4. The lowest BCUT2D eigenvalue weighted by atomic mass is 9.67. The predicted octanol–water partition coefficient (Wildman–Crippen LogP) is 9.47. The molecule has 5 heterocycles. The maximum absolute atomic E-state index is 8.78. The van der Waals surface area contributed by atoms with Gasteiger partial charge >= 0.3 is 0 Å². The molecule has 2 atom stereocenters. The van der Waals surface area contributed by atoms with Crippen molar-refractivity contribution >= 4 is 45.1 Å². The molecule has 8 bridgehead atoms. The quantitative estimate of drug-likeness (QED) is 0.145. The minimum absolute atomic E-state index is 0.118. The molecule has 0 saturated heterocycles. The number of hydrogen-bond donors (Lipinski definition) is 4. The van der Waals surface area contributed by atoms with Crippen molar-refractivity contribution in [3.8, 4) is 0 Å². The first kappa shape index (κ1) is 31.1. The highest BCUT2D eigenvalue weighted by molar-refractivity contribution is 6.06. The Morgan fingerprint density at radius 3 is 1.73 bits per heavy atom. The van der Waals surface area contributed by atoms with Gasteiger partial charge in [-0.1, -0.05) is 55.4 Å². The maximum Gasteiger partial charge on any atom is 0.119 e. The van der Waals surface area contributed by atoms with E-state index in [1.165, 1.54) is 44.4 Å². The molecule has 5 N–H and O–H groups in total. The number of aryl methyl sites for hydroxylation is 4. The predicted molar refractivity (Wildman–Crippen MR) is 191 cm³/mol. The number of rotatable bonds is 9. The molecule has 1 aliphatic carbocycles. The molecule has 6 rings (SSSR count). The second-order valence-corrected chi connectivity index (χ2v) is 12.7. The fraction of sp³-hybridized carbons (Fsp3) is 0.462. The molecule has 45 heavy (non-hydrogen) atoms. The van der Waals surface area contributed by atoms with E-state index in [-0.39, 0.29) is 11.8 Å². The zero-order valence-electron chi connectivity index (χ0n) is 28.5. The Balaban J connectivity index is 1.90. The van der Waals surface area contributed by atoms with Crippen molar-refractivity contribution in [3.05, 3.63) is 74.4 Å². The van der Waals surface area contributed by atoms with E-state index in [2.05, 4.69) is 89.6 Å². The summed E-state index contributed by atoms with van der Waals surface area (Å²) < 4.78 is 0. The Morgan fingerprint density at radius 2 is 1.27 bits per heavy atom. The van der Waals surface area contributed by atoms with Crippen LogP contribution in [0.25, 0.3) is 39.3 Å².